The summed E-state index contributed by atoms with van der Waals surface area (Å²) in [6.07, 6.45) is 1.66. The molecule has 1 radical (unpaired) electrons. The molecule has 31 valence electrons. The monoisotopic (exact) mass is 83.0 g/mol. The Kier molecular flexibility index (Phi) is 1.97. The molecule has 0 aliphatic heterocycles. The van der Waals surface area contributed by atoms with Gasteiger partial charge in [0, 0.05) is 0 Å². The molecule has 0 amide bonds. The minimum atomic E-state index is -0.144. The Morgan fingerprint density at radius 3 is 2.33 bits per heavy atom. The maximum atomic E-state index is 9.37. The number of carbonyl (C=O) groups is 1. The van der Waals surface area contributed by atoms with E-state index in [1.165, 1.54) is 6.29 Å². The number of hydrogen-bond acceptors (Lipinski definition) is 2. The fourth-order valence-corrected chi connectivity index (χ4v) is 0.0241. The lowest BCUT2D eigenvalue weighted by molar-refractivity contribution is -0.104. The third-order valence-electron chi connectivity index (χ3n) is 0.273. The lowest BCUT2D eigenvalue weighted by Gasteiger charge is -1.64. The summed E-state index contributed by atoms with van der Waals surface area (Å²) in [5.41, 5.74) is -0.144. The molecule has 0 saturated carbocycles. The van der Waals surface area contributed by atoms with Crippen molar-refractivity contribution in [3.8, 4) is 0 Å². The molecular formula is C4H3O2. The average molecular weight is 83.1 g/mol. The third-order valence-corrected chi connectivity index (χ3v) is 0.273. The van der Waals surface area contributed by atoms with Crippen molar-refractivity contribution in [3.63, 3.8) is 0 Å². The van der Waals surface area contributed by atoms with Gasteiger partial charge in [0.25, 0.3) is 0 Å². The van der Waals surface area contributed by atoms with Gasteiger partial charge < -0.3 is 0 Å². The molecule has 6 heavy (non-hydrogen) atoms. The van der Waals surface area contributed by atoms with Gasteiger partial charge in [-0.1, -0.05) is 6.58 Å². The summed E-state index contributed by atoms with van der Waals surface area (Å²) in [7, 11) is 0. The highest BCUT2D eigenvalue weighted by molar-refractivity contribution is 5.98. The summed E-state index contributed by atoms with van der Waals surface area (Å²) in [6, 6.07) is 0. The summed E-state index contributed by atoms with van der Waals surface area (Å²) in [5.74, 6) is 0. The Hall–Kier alpha value is -0.920. The van der Waals surface area contributed by atoms with Crippen LogP contribution in [-0.4, -0.2) is 12.6 Å². The first kappa shape index (κ1) is 5.08. The van der Waals surface area contributed by atoms with E-state index in [1.54, 1.807) is 0 Å². The minimum Gasteiger partial charge on any atom is -0.298 e. The predicted molar refractivity (Wildman–Crippen MR) is 20.9 cm³/mol. The second kappa shape index (κ2) is 2.33. The van der Waals surface area contributed by atoms with Gasteiger partial charge in [-0.25, -0.2) is 0 Å². The predicted octanol–water partition coefficient (Wildman–Crippen LogP) is -0.149. The van der Waals surface area contributed by atoms with E-state index in [0.29, 0.717) is 6.29 Å². The van der Waals surface area contributed by atoms with E-state index in [0.717, 1.165) is 0 Å². The molecule has 0 spiro atoms. The Balaban J connectivity index is 3.52. The van der Waals surface area contributed by atoms with Crippen LogP contribution in [0.15, 0.2) is 12.2 Å². The number of carbonyl (C=O) groups excluding carboxylic acids is 2. The first-order valence-corrected chi connectivity index (χ1v) is 1.33. The molecule has 0 rings (SSSR count). The highest BCUT2D eigenvalue weighted by atomic mass is 16.1. The van der Waals surface area contributed by atoms with Gasteiger partial charge in [-0.05, 0) is 0 Å². The molecule has 0 atom stereocenters. The maximum Gasteiger partial charge on any atom is 0.236 e. The van der Waals surface area contributed by atoms with Gasteiger partial charge in [-0.3, -0.25) is 9.59 Å². The number of aldehydes is 1. The second-order valence-electron chi connectivity index (χ2n) is 0.745. The molecule has 0 fully saturated rings. The zero-order valence-electron chi connectivity index (χ0n) is 3.10. The Morgan fingerprint density at radius 1 is 1.83 bits per heavy atom. The zero-order chi connectivity index (χ0) is 4.99. The molecule has 0 aromatic heterocycles. The van der Waals surface area contributed by atoms with Gasteiger partial charge >= 0.3 is 0 Å². The van der Waals surface area contributed by atoms with Crippen LogP contribution in [0.25, 0.3) is 0 Å². The van der Waals surface area contributed by atoms with Gasteiger partial charge in [-0.15, -0.1) is 0 Å². The summed E-state index contributed by atoms with van der Waals surface area (Å²) in [6.45, 7) is 3.00. The van der Waals surface area contributed by atoms with E-state index >= 15 is 0 Å². The smallest absolute Gasteiger partial charge is 0.236 e. The lowest BCUT2D eigenvalue weighted by Crippen LogP contribution is -1.78. The van der Waals surface area contributed by atoms with Crippen molar-refractivity contribution in [2.24, 2.45) is 0 Å². The van der Waals surface area contributed by atoms with Gasteiger partial charge in [-0.2, -0.15) is 0 Å². The van der Waals surface area contributed by atoms with Crippen LogP contribution >= 0.6 is 0 Å². The molecule has 0 aromatic rings. The first-order valence-electron chi connectivity index (χ1n) is 1.33. The highest BCUT2D eigenvalue weighted by Crippen LogP contribution is 1.68. The van der Waals surface area contributed by atoms with Crippen molar-refractivity contribution >= 4 is 12.6 Å². The number of rotatable bonds is 2. The van der Waals surface area contributed by atoms with Crippen LogP contribution in [0.4, 0.5) is 0 Å². The summed E-state index contributed by atoms with van der Waals surface area (Å²) >= 11 is 0. The number of allylic oxidation sites excluding steroid dienone is 1. The molecule has 0 N–H and O–H groups in total. The van der Waals surface area contributed by atoms with Crippen molar-refractivity contribution in [2.75, 3.05) is 0 Å². The van der Waals surface area contributed by atoms with Crippen molar-refractivity contribution in [3.05, 3.63) is 12.2 Å². The fourth-order valence-electron chi connectivity index (χ4n) is 0.0241. The standard InChI is InChI=1S/C4H3O2/c1-4(2-5)3-6/h2H,1H2. The van der Waals surface area contributed by atoms with E-state index in [2.05, 4.69) is 6.58 Å². The van der Waals surface area contributed by atoms with Crippen molar-refractivity contribution in [2.45, 2.75) is 0 Å². The molecule has 0 aromatic carbocycles. The molecule has 0 aliphatic rings. The molecule has 2 nitrogen and oxygen atoms in total. The van der Waals surface area contributed by atoms with Crippen LogP contribution < -0.4 is 0 Å². The topological polar surface area (TPSA) is 34.1 Å². The molecule has 0 saturated heterocycles. The largest absolute Gasteiger partial charge is 0.298 e. The fraction of sp³-hybridized carbons (Fsp3) is 0. The van der Waals surface area contributed by atoms with Gasteiger partial charge in [0.2, 0.25) is 6.29 Å². The van der Waals surface area contributed by atoms with Crippen molar-refractivity contribution in [1.82, 2.24) is 0 Å². The lowest BCUT2D eigenvalue weighted by atomic mass is 10.4. The average Bonchev–Trinajstić information content (AvgIpc) is 1.65. The Morgan fingerprint density at radius 2 is 2.33 bits per heavy atom. The van der Waals surface area contributed by atoms with Crippen LogP contribution in [0.5, 0.6) is 0 Å². The zero-order valence-corrected chi connectivity index (χ0v) is 3.10. The number of hydrogen-bond donors (Lipinski definition) is 0. The second-order valence-corrected chi connectivity index (χ2v) is 0.745. The van der Waals surface area contributed by atoms with Crippen LogP contribution in [0.2, 0.25) is 0 Å². The maximum absolute atomic E-state index is 9.37. The third kappa shape index (κ3) is 1.40. The molecule has 0 heterocycles. The SMILES string of the molecule is C=C([C]=O)C=O. The summed E-state index contributed by atoms with van der Waals surface area (Å²) in [4.78, 5) is 18.7. The molecule has 0 unspecified atom stereocenters. The van der Waals surface area contributed by atoms with E-state index in [9.17, 15) is 9.59 Å². The molecule has 0 bridgehead atoms. The minimum absolute atomic E-state index is 0.144. The van der Waals surface area contributed by atoms with E-state index in [1.807, 2.05) is 0 Å². The van der Waals surface area contributed by atoms with Crippen LogP contribution in [0, 0.1) is 0 Å². The van der Waals surface area contributed by atoms with Gasteiger partial charge in [0.05, 0.1) is 5.57 Å². The van der Waals surface area contributed by atoms with E-state index < -0.39 is 0 Å². The van der Waals surface area contributed by atoms with Crippen LogP contribution in [0.1, 0.15) is 0 Å². The van der Waals surface area contributed by atoms with Gasteiger partial charge in [0.15, 0.2) is 6.29 Å². The normalized spacial score (nSPS) is 6.67. The van der Waals surface area contributed by atoms with Crippen molar-refractivity contribution < 1.29 is 9.59 Å². The summed E-state index contributed by atoms with van der Waals surface area (Å²) in [5, 5.41) is 0. The van der Waals surface area contributed by atoms with Crippen LogP contribution in [-0.2, 0) is 9.59 Å². The quantitative estimate of drug-likeness (QED) is 0.201. The summed E-state index contributed by atoms with van der Waals surface area (Å²) < 4.78 is 0. The molecule has 2 heteroatoms. The van der Waals surface area contributed by atoms with Crippen LogP contribution in [0.3, 0.4) is 0 Å². The van der Waals surface area contributed by atoms with Crippen molar-refractivity contribution in [1.29, 1.82) is 0 Å². The highest BCUT2D eigenvalue weighted by Gasteiger charge is 1.80. The first-order chi connectivity index (χ1) is 2.81. The Labute approximate surface area is 35.5 Å². The van der Waals surface area contributed by atoms with E-state index in [4.69, 9.17) is 0 Å². The molecule has 0 aliphatic carbocycles. The molecular weight excluding hydrogens is 80.0 g/mol. The Bertz CT molecular complexity index is 73.5. The van der Waals surface area contributed by atoms with Gasteiger partial charge in [0.1, 0.15) is 0 Å². The van der Waals surface area contributed by atoms with E-state index in [-0.39, 0.29) is 5.57 Å².